The van der Waals surface area contributed by atoms with E-state index in [2.05, 4.69) is 16.3 Å². The molecule has 1 amide bonds. The Kier molecular flexibility index (Phi) is 6.14. The lowest BCUT2D eigenvalue weighted by Crippen LogP contribution is -2.39. The number of nitrogens with two attached hydrogens (primary N) is 1. The van der Waals surface area contributed by atoms with Crippen LogP contribution in [0.4, 0.5) is 0 Å². The van der Waals surface area contributed by atoms with E-state index in [1.54, 1.807) is 0 Å². The van der Waals surface area contributed by atoms with Crippen LogP contribution in [0.3, 0.4) is 0 Å². The number of likely N-dealkylation sites (tertiary alicyclic amines) is 1. The predicted octanol–water partition coefficient (Wildman–Crippen LogP) is 2.80. The van der Waals surface area contributed by atoms with E-state index < -0.39 is 0 Å². The zero-order valence-electron chi connectivity index (χ0n) is 14.2. The fourth-order valence-electron chi connectivity index (χ4n) is 3.86. The fraction of sp³-hybridized carbons (Fsp3) is 0.632. The van der Waals surface area contributed by atoms with Crippen molar-refractivity contribution < 1.29 is 4.79 Å². The van der Waals surface area contributed by atoms with Crippen LogP contribution in [-0.4, -0.2) is 36.5 Å². The second-order valence-corrected chi connectivity index (χ2v) is 7.73. The molecule has 3 N–H and O–H groups in total. The van der Waals surface area contributed by atoms with Gasteiger partial charge >= 0.3 is 0 Å². The van der Waals surface area contributed by atoms with Gasteiger partial charge < -0.3 is 11.1 Å². The Morgan fingerprint density at radius 2 is 1.96 bits per heavy atom. The van der Waals surface area contributed by atoms with Crippen LogP contribution >= 0.6 is 11.6 Å². The Balaban J connectivity index is 1.38. The SMILES string of the molecule is N[C@H]1CC[C@H](C(=O)NCC2CCN(Cc3ccccc3Cl)CC2)C1. The van der Waals surface area contributed by atoms with E-state index in [1.807, 2.05) is 18.2 Å². The largest absolute Gasteiger partial charge is 0.356 e. The fourth-order valence-corrected chi connectivity index (χ4v) is 4.06. The van der Waals surface area contributed by atoms with Crippen molar-refractivity contribution in [2.75, 3.05) is 19.6 Å². The third kappa shape index (κ3) is 4.71. The highest BCUT2D eigenvalue weighted by atomic mass is 35.5. The van der Waals surface area contributed by atoms with Crippen molar-refractivity contribution in [3.05, 3.63) is 34.9 Å². The molecule has 2 fully saturated rings. The third-order valence-electron chi connectivity index (χ3n) is 5.47. The molecule has 2 aliphatic rings. The third-order valence-corrected chi connectivity index (χ3v) is 5.84. The van der Waals surface area contributed by atoms with Crippen LogP contribution in [0.5, 0.6) is 0 Å². The molecule has 1 saturated carbocycles. The molecule has 1 heterocycles. The molecule has 1 aliphatic carbocycles. The minimum absolute atomic E-state index is 0.139. The number of carbonyl (C=O) groups is 1. The Morgan fingerprint density at radius 3 is 2.62 bits per heavy atom. The van der Waals surface area contributed by atoms with Crippen LogP contribution in [-0.2, 0) is 11.3 Å². The predicted molar refractivity (Wildman–Crippen MR) is 97.8 cm³/mol. The van der Waals surface area contributed by atoms with Gasteiger partial charge in [-0.3, -0.25) is 9.69 Å². The average Bonchev–Trinajstić information content (AvgIpc) is 3.03. The summed E-state index contributed by atoms with van der Waals surface area (Å²) in [4.78, 5) is 14.6. The van der Waals surface area contributed by atoms with Gasteiger partial charge in [0, 0.05) is 30.1 Å². The van der Waals surface area contributed by atoms with E-state index >= 15 is 0 Å². The monoisotopic (exact) mass is 349 g/mol. The molecular weight excluding hydrogens is 322 g/mol. The first kappa shape index (κ1) is 17.7. The van der Waals surface area contributed by atoms with Gasteiger partial charge in [0.15, 0.2) is 0 Å². The lowest BCUT2D eigenvalue weighted by molar-refractivity contribution is -0.125. The number of benzene rings is 1. The number of nitrogens with one attached hydrogen (secondary N) is 1. The molecule has 132 valence electrons. The Bertz CT molecular complexity index is 557. The maximum Gasteiger partial charge on any atom is 0.223 e. The van der Waals surface area contributed by atoms with Gasteiger partial charge in [-0.05, 0) is 62.7 Å². The molecule has 4 nitrogen and oxygen atoms in total. The van der Waals surface area contributed by atoms with Gasteiger partial charge in [-0.2, -0.15) is 0 Å². The van der Waals surface area contributed by atoms with E-state index in [0.717, 1.165) is 63.3 Å². The van der Waals surface area contributed by atoms with Crippen molar-refractivity contribution in [1.82, 2.24) is 10.2 Å². The highest BCUT2D eigenvalue weighted by Crippen LogP contribution is 2.25. The van der Waals surface area contributed by atoms with Gasteiger partial charge in [0.25, 0.3) is 0 Å². The van der Waals surface area contributed by atoms with E-state index in [4.69, 9.17) is 17.3 Å². The summed E-state index contributed by atoms with van der Waals surface area (Å²) in [5.41, 5.74) is 7.09. The van der Waals surface area contributed by atoms with Gasteiger partial charge in [0.05, 0.1) is 0 Å². The van der Waals surface area contributed by atoms with Crippen molar-refractivity contribution in [3.8, 4) is 0 Å². The standard InChI is InChI=1S/C19H28ClN3O/c20-18-4-2-1-3-16(18)13-23-9-7-14(8-10-23)12-22-19(24)15-5-6-17(21)11-15/h1-4,14-15,17H,5-13,21H2,(H,22,24)/t15-,17-/m0/s1. The van der Waals surface area contributed by atoms with Gasteiger partial charge in [0.2, 0.25) is 5.91 Å². The van der Waals surface area contributed by atoms with E-state index in [0.29, 0.717) is 5.92 Å². The van der Waals surface area contributed by atoms with E-state index in [-0.39, 0.29) is 17.9 Å². The molecular formula is C19H28ClN3O. The number of halogens is 1. The summed E-state index contributed by atoms with van der Waals surface area (Å²) >= 11 is 6.25. The molecule has 0 unspecified atom stereocenters. The summed E-state index contributed by atoms with van der Waals surface area (Å²) in [5, 5.41) is 4.00. The molecule has 1 aliphatic heterocycles. The number of hydrogen-bond donors (Lipinski definition) is 2. The molecule has 0 aromatic heterocycles. The lowest BCUT2D eigenvalue weighted by atomic mass is 9.96. The minimum Gasteiger partial charge on any atom is -0.356 e. The maximum atomic E-state index is 12.2. The summed E-state index contributed by atoms with van der Waals surface area (Å²) in [6, 6.07) is 8.28. The molecule has 0 bridgehead atoms. The van der Waals surface area contributed by atoms with E-state index in [9.17, 15) is 4.79 Å². The molecule has 1 saturated heterocycles. The quantitative estimate of drug-likeness (QED) is 0.859. The molecule has 0 radical (unpaired) electrons. The van der Waals surface area contributed by atoms with Crippen molar-refractivity contribution in [1.29, 1.82) is 0 Å². The number of amides is 1. The van der Waals surface area contributed by atoms with Crippen molar-refractivity contribution in [2.24, 2.45) is 17.6 Å². The number of piperidine rings is 1. The molecule has 0 spiro atoms. The summed E-state index contributed by atoms with van der Waals surface area (Å²) in [6.07, 6.45) is 5.05. The summed E-state index contributed by atoms with van der Waals surface area (Å²) < 4.78 is 0. The highest BCUT2D eigenvalue weighted by Gasteiger charge is 2.28. The molecule has 5 heteroatoms. The van der Waals surface area contributed by atoms with Gasteiger partial charge in [-0.15, -0.1) is 0 Å². The smallest absolute Gasteiger partial charge is 0.223 e. The normalized spacial score (nSPS) is 25.8. The first-order valence-electron chi connectivity index (χ1n) is 9.11. The Morgan fingerprint density at radius 1 is 1.21 bits per heavy atom. The van der Waals surface area contributed by atoms with Crippen LogP contribution in [0.2, 0.25) is 5.02 Å². The number of rotatable bonds is 5. The molecule has 1 aromatic carbocycles. The first-order chi connectivity index (χ1) is 11.6. The maximum absolute atomic E-state index is 12.2. The van der Waals surface area contributed by atoms with Gasteiger partial charge in [0.1, 0.15) is 0 Å². The summed E-state index contributed by atoms with van der Waals surface area (Å²) in [5.74, 6) is 0.938. The zero-order chi connectivity index (χ0) is 16.9. The summed E-state index contributed by atoms with van der Waals surface area (Å²) in [7, 11) is 0. The van der Waals surface area contributed by atoms with Crippen LogP contribution < -0.4 is 11.1 Å². The molecule has 24 heavy (non-hydrogen) atoms. The van der Waals surface area contributed by atoms with Gasteiger partial charge in [-0.1, -0.05) is 29.8 Å². The molecule has 2 atom stereocenters. The van der Waals surface area contributed by atoms with Crippen LogP contribution in [0.25, 0.3) is 0 Å². The van der Waals surface area contributed by atoms with Crippen LogP contribution in [0, 0.1) is 11.8 Å². The Labute approximate surface area is 149 Å². The van der Waals surface area contributed by atoms with Crippen LogP contribution in [0.15, 0.2) is 24.3 Å². The Hall–Kier alpha value is -1.10. The minimum atomic E-state index is 0.139. The van der Waals surface area contributed by atoms with Gasteiger partial charge in [-0.25, -0.2) is 0 Å². The average molecular weight is 350 g/mol. The van der Waals surface area contributed by atoms with Crippen molar-refractivity contribution >= 4 is 17.5 Å². The lowest BCUT2D eigenvalue weighted by Gasteiger charge is -2.32. The zero-order valence-corrected chi connectivity index (χ0v) is 15.0. The second-order valence-electron chi connectivity index (χ2n) is 7.33. The van der Waals surface area contributed by atoms with E-state index in [1.165, 1.54) is 5.56 Å². The first-order valence-corrected chi connectivity index (χ1v) is 9.48. The second kappa shape index (κ2) is 8.32. The summed E-state index contributed by atoms with van der Waals surface area (Å²) in [6.45, 7) is 3.86. The number of hydrogen-bond acceptors (Lipinski definition) is 3. The molecule has 1 aromatic rings. The van der Waals surface area contributed by atoms with Crippen molar-refractivity contribution in [3.63, 3.8) is 0 Å². The number of carbonyl (C=O) groups excluding carboxylic acids is 1. The highest BCUT2D eigenvalue weighted by molar-refractivity contribution is 6.31. The molecule has 3 rings (SSSR count). The van der Waals surface area contributed by atoms with Crippen molar-refractivity contribution in [2.45, 2.75) is 44.7 Å². The topological polar surface area (TPSA) is 58.4 Å². The van der Waals surface area contributed by atoms with Crippen LogP contribution in [0.1, 0.15) is 37.7 Å². The number of nitrogens with zero attached hydrogens (tertiary/aromatic N) is 1.